The lowest BCUT2D eigenvalue weighted by molar-refractivity contribution is -0.140. The Morgan fingerprint density at radius 1 is 1.50 bits per heavy atom. The third-order valence-corrected chi connectivity index (χ3v) is 4.44. The predicted molar refractivity (Wildman–Crippen MR) is 66.7 cm³/mol. The van der Waals surface area contributed by atoms with Crippen LogP contribution < -0.4 is 4.72 Å². The van der Waals surface area contributed by atoms with Crippen molar-refractivity contribution in [2.75, 3.05) is 19.0 Å². The minimum absolute atomic E-state index is 0.0441. The van der Waals surface area contributed by atoms with Gasteiger partial charge in [-0.2, -0.15) is 0 Å². The Labute approximate surface area is 108 Å². The van der Waals surface area contributed by atoms with E-state index >= 15 is 0 Å². The van der Waals surface area contributed by atoms with Crippen LogP contribution in [0.4, 0.5) is 0 Å². The van der Waals surface area contributed by atoms with E-state index in [0.29, 0.717) is 19.6 Å². The van der Waals surface area contributed by atoms with E-state index < -0.39 is 22.0 Å². The molecule has 1 aliphatic heterocycles. The van der Waals surface area contributed by atoms with Crippen LogP contribution in [0.2, 0.25) is 0 Å². The van der Waals surface area contributed by atoms with Crippen molar-refractivity contribution in [2.45, 2.75) is 32.7 Å². The molecule has 2 N–H and O–H groups in total. The summed E-state index contributed by atoms with van der Waals surface area (Å²) in [7, 11) is -3.54. The summed E-state index contributed by atoms with van der Waals surface area (Å²) in [5.74, 6) is -1.20. The molecule has 6 nitrogen and oxygen atoms in total. The molecule has 2 atom stereocenters. The fourth-order valence-electron chi connectivity index (χ4n) is 1.86. The summed E-state index contributed by atoms with van der Waals surface area (Å²) in [6, 6.07) is -1.06. The van der Waals surface area contributed by atoms with Crippen molar-refractivity contribution in [3.8, 4) is 0 Å². The van der Waals surface area contributed by atoms with Crippen LogP contribution in [0.15, 0.2) is 0 Å². The minimum atomic E-state index is -3.54. The van der Waals surface area contributed by atoms with Gasteiger partial charge in [-0.05, 0) is 24.7 Å². The Kier molecular flexibility index (Phi) is 5.55. The van der Waals surface area contributed by atoms with Gasteiger partial charge in [-0.3, -0.25) is 4.79 Å². The Balaban J connectivity index is 2.49. The molecule has 0 bridgehead atoms. The first-order chi connectivity index (χ1) is 8.32. The number of hydrogen-bond donors (Lipinski definition) is 2. The van der Waals surface area contributed by atoms with Crippen LogP contribution >= 0.6 is 0 Å². The largest absolute Gasteiger partial charge is 0.480 e. The molecule has 0 aromatic carbocycles. The number of rotatable bonds is 7. The van der Waals surface area contributed by atoms with Gasteiger partial charge >= 0.3 is 5.97 Å². The maximum Gasteiger partial charge on any atom is 0.321 e. The molecule has 0 aromatic heterocycles. The highest BCUT2D eigenvalue weighted by atomic mass is 32.2. The van der Waals surface area contributed by atoms with E-state index in [9.17, 15) is 13.2 Å². The SMILES string of the molecule is CC(C)[C@@H](NS(=O)(=O)CCC1CCOC1)C(=O)O. The predicted octanol–water partition coefficient (Wildman–Crippen LogP) is 0.442. The number of nitrogens with one attached hydrogen (secondary N) is 1. The van der Waals surface area contributed by atoms with Gasteiger partial charge in [0.25, 0.3) is 0 Å². The van der Waals surface area contributed by atoms with Crippen LogP contribution in [0.1, 0.15) is 26.7 Å². The summed E-state index contributed by atoms with van der Waals surface area (Å²) in [6.45, 7) is 4.63. The van der Waals surface area contributed by atoms with Crippen molar-refractivity contribution >= 4 is 16.0 Å². The Hall–Kier alpha value is -0.660. The molecular weight excluding hydrogens is 258 g/mol. The van der Waals surface area contributed by atoms with Crippen LogP contribution in [0.5, 0.6) is 0 Å². The fraction of sp³-hybridized carbons (Fsp3) is 0.909. The standard InChI is InChI=1S/C11H21NO5S/c1-8(2)10(11(13)14)12-18(15,16)6-4-9-3-5-17-7-9/h8-10,12H,3-7H2,1-2H3,(H,13,14)/t9?,10-/m1/s1. The average Bonchev–Trinajstić information content (AvgIpc) is 2.75. The minimum Gasteiger partial charge on any atom is -0.480 e. The molecule has 1 rings (SSSR count). The zero-order valence-electron chi connectivity index (χ0n) is 10.8. The molecule has 1 unspecified atom stereocenters. The van der Waals surface area contributed by atoms with E-state index in [4.69, 9.17) is 9.84 Å². The Bertz CT molecular complexity index is 373. The fourth-order valence-corrected chi connectivity index (χ4v) is 3.38. The summed E-state index contributed by atoms with van der Waals surface area (Å²) >= 11 is 0. The first kappa shape index (κ1) is 15.4. The number of aliphatic carboxylic acids is 1. The second-order valence-electron chi connectivity index (χ2n) is 5.01. The van der Waals surface area contributed by atoms with E-state index in [1.165, 1.54) is 0 Å². The van der Waals surface area contributed by atoms with Gasteiger partial charge in [-0.15, -0.1) is 0 Å². The highest BCUT2D eigenvalue weighted by Crippen LogP contribution is 2.17. The average molecular weight is 279 g/mol. The molecule has 106 valence electrons. The molecular formula is C11H21NO5S. The second kappa shape index (κ2) is 6.49. The second-order valence-corrected chi connectivity index (χ2v) is 6.89. The summed E-state index contributed by atoms with van der Waals surface area (Å²) in [5.41, 5.74) is 0. The van der Waals surface area contributed by atoms with E-state index in [2.05, 4.69) is 4.72 Å². The molecule has 18 heavy (non-hydrogen) atoms. The normalized spacial score (nSPS) is 22.3. The van der Waals surface area contributed by atoms with Crippen molar-refractivity contribution in [3.05, 3.63) is 0 Å². The number of hydrogen-bond acceptors (Lipinski definition) is 4. The van der Waals surface area contributed by atoms with E-state index in [0.717, 1.165) is 6.42 Å². The smallest absolute Gasteiger partial charge is 0.321 e. The van der Waals surface area contributed by atoms with Gasteiger partial charge in [0.05, 0.1) is 5.75 Å². The Morgan fingerprint density at radius 2 is 2.17 bits per heavy atom. The third-order valence-electron chi connectivity index (χ3n) is 3.06. The van der Waals surface area contributed by atoms with Gasteiger partial charge < -0.3 is 9.84 Å². The number of sulfonamides is 1. The molecule has 0 aromatic rings. The van der Waals surface area contributed by atoms with Gasteiger partial charge in [-0.1, -0.05) is 13.8 Å². The van der Waals surface area contributed by atoms with Crippen LogP contribution in [0.25, 0.3) is 0 Å². The molecule has 0 spiro atoms. The van der Waals surface area contributed by atoms with Crippen LogP contribution in [-0.2, 0) is 19.6 Å². The highest BCUT2D eigenvalue weighted by Gasteiger charge is 2.27. The summed E-state index contributed by atoms with van der Waals surface area (Å²) in [4.78, 5) is 10.9. The monoisotopic (exact) mass is 279 g/mol. The number of carboxylic acids is 1. The van der Waals surface area contributed by atoms with Gasteiger partial charge in [0, 0.05) is 13.2 Å². The van der Waals surface area contributed by atoms with Gasteiger partial charge in [0.1, 0.15) is 6.04 Å². The maximum atomic E-state index is 11.8. The first-order valence-electron chi connectivity index (χ1n) is 6.12. The van der Waals surface area contributed by atoms with Crippen LogP contribution in [0, 0.1) is 11.8 Å². The van der Waals surface area contributed by atoms with E-state index in [1.54, 1.807) is 13.8 Å². The molecule has 0 amide bonds. The molecule has 0 radical (unpaired) electrons. The van der Waals surface area contributed by atoms with Crippen molar-refractivity contribution in [2.24, 2.45) is 11.8 Å². The molecule has 1 aliphatic rings. The van der Waals surface area contributed by atoms with Crippen LogP contribution in [-0.4, -0.2) is 44.5 Å². The summed E-state index contributed by atoms with van der Waals surface area (Å²) < 4.78 is 31.0. The summed E-state index contributed by atoms with van der Waals surface area (Å²) in [6.07, 6.45) is 1.39. The van der Waals surface area contributed by atoms with Gasteiger partial charge in [0.2, 0.25) is 10.0 Å². The molecule has 0 saturated carbocycles. The number of carboxylic acid groups (broad SMARTS) is 1. The summed E-state index contributed by atoms with van der Waals surface area (Å²) in [5, 5.41) is 8.94. The molecule has 1 saturated heterocycles. The molecule has 7 heteroatoms. The first-order valence-corrected chi connectivity index (χ1v) is 7.77. The third kappa shape index (κ3) is 4.91. The van der Waals surface area contributed by atoms with Crippen molar-refractivity contribution < 1.29 is 23.1 Å². The quantitative estimate of drug-likeness (QED) is 0.705. The lowest BCUT2D eigenvalue weighted by Gasteiger charge is -2.18. The maximum absolute atomic E-state index is 11.8. The number of ether oxygens (including phenoxy) is 1. The highest BCUT2D eigenvalue weighted by molar-refractivity contribution is 7.89. The van der Waals surface area contributed by atoms with Gasteiger partial charge in [0.15, 0.2) is 0 Å². The number of carbonyl (C=O) groups is 1. The zero-order chi connectivity index (χ0) is 13.8. The van der Waals surface area contributed by atoms with Crippen molar-refractivity contribution in [3.63, 3.8) is 0 Å². The van der Waals surface area contributed by atoms with E-state index in [1.807, 2.05) is 0 Å². The lowest BCUT2D eigenvalue weighted by Crippen LogP contribution is -2.45. The van der Waals surface area contributed by atoms with Crippen molar-refractivity contribution in [1.29, 1.82) is 0 Å². The molecule has 1 fully saturated rings. The van der Waals surface area contributed by atoms with E-state index in [-0.39, 0.29) is 17.6 Å². The Morgan fingerprint density at radius 3 is 2.61 bits per heavy atom. The van der Waals surface area contributed by atoms with Crippen molar-refractivity contribution in [1.82, 2.24) is 4.72 Å². The topological polar surface area (TPSA) is 92.7 Å². The zero-order valence-corrected chi connectivity index (χ0v) is 11.6. The van der Waals surface area contributed by atoms with Crippen LogP contribution in [0.3, 0.4) is 0 Å². The lowest BCUT2D eigenvalue weighted by atomic mass is 10.1. The molecule has 1 heterocycles. The van der Waals surface area contributed by atoms with Gasteiger partial charge in [-0.25, -0.2) is 13.1 Å². The molecule has 0 aliphatic carbocycles.